The maximum Gasteiger partial charge on any atom is 0.193 e. The summed E-state index contributed by atoms with van der Waals surface area (Å²) in [6.45, 7) is 1.40. The molecule has 3 aliphatic heterocycles. The van der Waals surface area contributed by atoms with Crippen LogP contribution in [-0.4, -0.2) is 77.0 Å². The standard InChI is InChI=1S/C23H23F2N3O5/c24-13-5-11(28-4-3-12(29)8-28)6-14(25)21(13)16-2-1-15-17(26-16)7-20(27-15)33-19-10-32-22-18(30)9-31-23(19)22/h1-2,5-7,12,18-19,22-23,27,29-30H,3-4,8-10H2/t12-,18-,19-,22-,23-/m1/s1. The number of aliphatic hydroxyl groups excluding tert-OH is 2. The maximum absolute atomic E-state index is 14.9. The van der Waals surface area contributed by atoms with Crippen LogP contribution in [0.2, 0.25) is 0 Å². The van der Waals surface area contributed by atoms with Gasteiger partial charge >= 0.3 is 0 Å². The van der Waals surface area contributed by atoms with E-state index in [-0.39, 0.29) is 36.7 Å². The largest absolute Gasteiger partial charge is 0.470 e. The second-order valence-corrected chi connectivity index (χ2v) is 8.76. The van der Waals surface area contributed by atoms with Crippen LogP contribution in [0.15, 0.2) is 30.3 Å². The molecule has 3 aromatic rings. The SMILES string of the molecule is O[C@@H]1CCN(c2cc(F)c(-c3ccc4[nH]c(O[C@@H]5CO[C@H]6[C@@H]5OC[C@H]6O)cc4n3)c(F)c2)C1. The van der Waals surface area contributed by atoms with Crippen molar-refractivity contribution in [2.45, 2.75) is 36.9 Å². The van der Waals surface area contributed by atoms with E-state index in [0.29, 0.717) is 42.1 Å². The number of rotatable bonds is 4. The Hall–Kier alpha value is -2.79. The summed E-state index contributed by atoms with van der Waals surface area (Å²) in [7, 11) is 0. The molecule has 10 heteroatoms. The summed E-state index contributed by atoms with van der Waals surface area (Å²) in [4.78, 5) is 9.29. The topological polar surface area (TPSA) is 100 Å². The van der Waals surface area contributed by atoms with Crippen LogP contribution in [0.5, 0.6) is 5.88 Å². The molecule has 0 radical (unpaired) electrons. The highest BCUT2D eigenvalue weighted by molar-refractivity contribution is 5.81. The molecule has 0 saturated carbocycles. The maximum atomic E-state index is 14.9. The van der Waals surface area contributed by atoms with Crippen molar-refractivity contribution in [1.29, 1.82) is 0 Å². The monoisotopic (exact) mass is 459 g/mol. The molecule has 5 heterocycles. The summed E-state index contributed by atoms with van der Waals surface area (Å²) < 4.78 is 47.0. The van der Waals surface area contributed by atoms with Gasteiger partial charge in [-0.15, -0.1) is 0 Å². The fourth-order valence-corrected chi connectivity index (χ4v) is 4.86. The molecule has 5 atom stereocenters. The Labute approximate surface area is 187 Å². The van der Waals surface area contributed by atoms with Crippen LogP contribution in [0.1, 0.15) is 6.42 Å². The van der Waals surface area contributed by atoms with E-state index in [1.54, 1.807) is 23.1 Å². The summed E-state index contributed by atoms with van der Waals surface area (Å²) in [5, 5.41) is 19.6. The third kappa shape index (κ3) is 3.63. The lowest BCUT2D eigenvalue weighted by Gasteiger charge is -2.19. The van der Waals surface area contributed by atoms with E-state index >= 15 is 0 Å². The molecule has 0 aliphatic carbocycles. The highest BCUT2D eigenvalue weighted by Crippen LogP contribution is 2.33. The van der Waals surface area contributed by atoms with E-state index in [0.717, 1.165) is 0 Å². The molecule has 0 unspecified atom stereocenters. The van der Waals surface area contributed by atoms with Crippen molar-refractivity contribution in [3.05, 3.63) is 42.0 Å². The number of aromatic nitrogens is 2. The van der Waals surface area contributed by atoms with E-state index in [1.165, 1.54) is 12.1 Å². The number of aliphatic hydroxyl groups is 2. The summed E-state index contributed by atoms with van der Waals surface area (Å²) in [5.41, 5.74) is 1.52. The van der Waals surface area contributed by atoms with Gasteiger partial charge in [-0.2, -0.15) is 0 Å². The zero-order valence-corrected chi connectivity index (χ0v) is 17.6. The predicted molar refractivity (Wildman–Crippen MR) is 114 cm³/mol. The lowest BCUT2D eigenvalue weighted by Crippen LogP contribution is -2.34. The summed E-state index contributed by atoms with van der Waals surface area (Å²) in [6, 6.07) is 7.46. The van der Waals surface area contributed by atoms with Gasteiger partial charge in [0.05, 0.1) is 41.6 Å². The molecule has 1 aromatic carbocycles. The average molecular weight is 459 g/mol. The Morgan fingerprint density at radius 3 is 2.61 bits per heavy atom. The third-order valence-electron chi connectivity index (χ3n) is 6.52. The smallest absolute Gasteiger partial charge is 0.193 e. The Kier molecular flexibility index (Phi) is 4.98. The Balaban J connectivity index is 1.26. The third-order valence-corrected chi connectivity index (χ3v) is 6.52. The zero-order valence-electron chi connectivity index (χ0n) is 17.6. The zero-order chi connectivity index (χ0) is 22.7. The molecule has 6 rings (SSSR count). The molecule has 0 bridgehead atoms. The second-order valence-electron chi connectivity index (χ2n) is 8.76. The van der Waals surface area contributed by atoms with Crippen molar-refractivity contribution in [3.63, 3.8) is 0 Å². The highest BCUT2D eigenvalue weighted by atomic mass is 19.1. The van der Waals surface area contributed by atoms with Crippen molar-refractivity contribution in [2.75, 3.05) is 31.2 Å². The van der Waals surface area contributed by atoms with Gasteiger partial charge in [-0.3, -0.25) is 0 Å². The molecular formula is C23H23F2N3O5. The molecule has 0 spiro atoms. The van der Waals surface area contributed by atoms with Crippen LogP contribution in [0.4, 0.5) is 14.5 Å². The van der Waals surface area contributed by atoms with E-state index in [1.807, 2.05) is 0 Å². The second kappa shape index (κ2) is 7.91. The number of nitrogens with one attached hydrogen (secondary N) is 1. The first kappa shape index (κ1) is 20.8. The molecule has 3 saturated heterocycles. The fraction of sp³-hybridized carbons (Fsp3) is 0.435. The summed E-state index contributed by atoms with van der Waals surface area (Å²) in [5.74, 6) is -0.995. The van der Waals surface area contributed by atoms with Gasteiger partial charge in [-0.25, -0.2) is 13.8 Å². The lowest BCUT2D eigenvalue weighted by molar-refractivity contribution is 0.00794. The lowest BCUT2D eigenvalue weighted by atomic mass is 10.1. The molecule has 3 aliphatic rings. The molecule has 0 amide bonds. The van der Waals surface area contributed by atoms with Gasteiger partial charge < -0.3 is 34.3 Å². The molecule has 3 fully saturated rings. The number of hydrogen-bond acceptors (Lipinski definition) is 7. The van der Waals surface area contributed by atoms with E-state index < -0.39 is 29.9 Å². The van der Waals surface area contributed by atoms with Gasteiger partial charge in [0.25, 0.3) is 0 Å². The van der Waals surface area contributed by atoms with E-state index in [2.05, 4.69) is 9.97 Å². The van der Waals surface area contributed by atoms with Crippen molar-refractivity contribution >= 4 is 16.7 Å². The number of anilines is 1. The van der Waals surface area contributed by atoms with Crippen LogP contribution in [0.25, 0.3) is 22.3 Å². The van der Waals surface area contributed by atoms with Crippen LogP contribution in [0, 0.1) is 11.6 Å². The first-order valence-electron chi connectivity index (χ1n) is 11.0. The number of halogens is 2. The van der Waals surface area contributed by atoms with Crippen molar-refractivity contribution < 1.29 is 33.2 Å². The van der Waals surface area contributed by atoms with E-state index in [9.17, 15) is 19.0 Å². The highest BCUT2D eigenvalue weighted by Gasteiger charge is 2.48. The predicted octanol–water partition coefficient (Wildman–Crippen LogP) is 1.98. The fourth-order valence-electron chi connectivity index (χ4n) is 4.86. The van der Waals surface area contributed by atoms with Gasteiger partial charge in [0.15, 0.2) is 12.0 Å². The number of hydrogen-bond donors (Lipinski definition) is 3. The first-order chi connectivity index (χ1) is 16.0. The number of pyridine rings is 1. The van der Waals surface area contributed by atoms with Crippen molar-refractivity contribution in [2.24, 2.45) is 0 Å². The van der Waals surface area contributed by atoms with E-state index in [4.69, 9.17) is 14.2 Å². The molecule has 3 N–H and O–H groups in total. The number of benzene rings is 1. The van der Waals surface area contributed by atoms with Gasteiger partial charge in [-0.05, 0) is 30.7 Å². The van der Waals surface area contributed by atoms with Crippen LogP contribution in [0.3, 0.4) is 0 Å². The van der Waals surface area contributed by atoms with Gasteiger partial charge in [-0.1, -0.05) is 0 Å². The quantitative estimate of drug-likeness (QED) is 0.549. The first-order valence-corrected chi connectivity index (χ1v) is 11.0. The number of β-amino-alcohol motifs (C(OH)–C–C–N with tert-alkyl or cyclic N) is 1. The molecule has 174 valence electrons. The number of H-pyrrole nitrogens is 1. The summed E-state index contributed by atoms with van der Waals surface area (Å²) >= 11 is 0. The molecule has 33 heavy (non-hydrogen) atoms. The minimum Gasteiger partial charge on any atom is -0.470 e. The number of fused-ring (bicyclic) bond motifs is 2. The average Bonchev–Trinajstić information content (AvgIpc) is 3.54. The Morgan fingerprint density at radius 2 is 1.85 bits per heavy atom. The van der Waals surface area contributed by atoms with Crippen molar-refractivity contribution in [1.82, 2.24) is 9.97 Å². The van der Waals surface area contributed by atoms with Gasteiger partial charge in [0.2, 0.25) is 0 Å². The number of aromatic amines is 1. The minimum atomic E-state index is -0.712. The van der Waals surface area contributed by atoms with Crippen molar-refractivity contribution in [3.8, 4) is 17.1 Å². The summed E-state index contributed by atoms with van der Waals surface area (Å²) in [6.07, 6.45) is -1.72. The molecule has 2 aromatic heterocycles. The Morgan fingerprint density at radius 1 is 1.06 bits per heavy atom. The van der Waals surface area contributed by atoms with Crippen LogP contribution >= 0.6 is 0 Å². The Bertz CT molecular complexity index is 1180. The molecular weight excluding hydrogens is 436 g/mol. The van der Waals surface area contributed by atoms with Gasteiger partial charge in [0.1, 0.15) is 29.9 Å². The minimum absolute atomic E-state index is 0.169. The normalized spacial score (nSPS) is 29.2. The van der Waals surface area contributed by atoms with Crippen LogP contribution < -0.4 is 9.64 Å². The number of ether oxygens (including phenoxy) is 3. The van der Waals surface area contributed by atoms with Crippen LogP contribution in [-0.2, 0) is 9.47 Å². The molecule has 8 nitrogen and oxygen atoms in total. The number of nitrogens with zero attached hydrogens (tertiary/aromatic N) is 2. The van der Waals surface area contributed by atoms with Gasteiger partial charge in [0, 0.05) is 24.8 Å².